The molecule has 0 aliphatic heterocycles. The van der Waals surface area contributed by atoms with E-state index in [9.17, 15) is 23.1 Å². The first-order chi connectivity index (χ1) is 9.53. The third-order valence-electron chi connectivity index (χ3n) is 2.46. The van der Waals surface area contributed by atoms with Crippen LogP contribution >= 0.6 is 11.8 Å². The van der Waals surface area contributed by atoms with Crippen molar-refractivity contribution >= 4 is 17.7 Å². The number of aliphatic hydroxyl groups is 1. The lowest BCUT2D eigenvalue weighted by Gasteiger charge is -2.28. The second-order valence-corrected chi connectivity index (χ2v) is 6.09. The Morgan fingerprint density at radius 2 is 2.05 bits per heavy atom. The summed E-state index contributed by atoms with van der Waals surface area (Å²) in [6.07, 6.45) is 1.21. The zero-order valence-corrected chi connectivity index (χ0v) is 12.8. The lowest BCUT2D eigenvalue weighted by atomic mass is 10.1. The number of carbonyl (C=O) groups excluding carboxylic acids is 1. The second-order valence-electron chi connectivity index (χ2n) is 5.04. The van der Waals surface area contributed by atoms with Crippen molar-refractivity contribution in [3.8, 4) is 0 Å². The summed E-state index contributed by atoms with van der Waals surface area (Å²) < 4.78 is 37.5. The lowest BCUT2D eigenvalue weighted by molar-refractivity contribution is -0.0329. The van der Waals surface area contributed by atoms with E-state index in [-0.39, 0.29) is 23.7 Å². The normalized spacial score (nSPS) is 12.3. The smallest absolute Gasteiger partial charge is 0.389 e. The van der Waals surface area contributed by atoms with Gasteiger partial charge in [0, 0.05) is 31.0 Å². The van der Waals surface area contributed by atoms with Crippen LogP contribution in [0.4, 0.5) is 13.2 Å². The largest absolute Gasteiger partial charge is 0.447 e. The standard InChI is InChI=1S/C13H17F3N2O2S/c1-4-18(8-12(2,3)20)11(19)9-6-5-7-17-10(9)21-13(14,15)16/h5-7,20H,4,8H2,1-3H3. The first-order valence-corrected chi connectivity index (χ1v) is 7.07. The monoisotopic (exact) mass is 322 g/mol. The van der Waals surface area contributed by atoms with Crippen molar-refractivity contribution in [1.82, 2.24) is 9.88 Å². The summed E-state index contributed by atoms with van der Waals surface area (Å²) in [6, 6.07) is 2.71. The quantitative estimate of drug-likeness (QED) is 0.847. The zero-order chi connectivity index (χ0) is 16.3. The van der Waals surface area contributed by atoms with Gasteiger partial charge in [-0.15, -0.1) is 0 Å². The number of thioether (sulfide) groups is 1. The fraction of sp³-hybridized carbons (Fsp3) is 0.538. The van der Waals surface area contributed by atoms with Crippen molar-refractivity contribution in [2.24, 2.45) is 0 Å². The molecule has 0 bridgehead atoms. The van der Waals surface area contributed by atoms with E-state index in [4.69, 9.17) is 0 Å². The lowest BCUT2D eigenvalue weighted by Crippen LogP contribution is -2.42. The predicted octanol–water partition coefficient (Wildman–Crippen LogP) is 2.93. The van der Waals surface area contributed by atoms with Crippen LogP contribution in [0.3, 0.4) is 0 Å². The molecule has 1 rings (SSSR count). The number of rotatable bonds is 5. The van der Waals surface area contributed by atoms with Crippen LogP contribution < -0.4 is 0 Å². The molecule has 0 spiro atoms. The van der Waals surface area contributed by atoms with Crippen LogP contribution in [-0.2, 0) is 0 Å². The van der Waals surface area contributed by atoms with Crippen LogP contribution in [0.25, 0.3) is 0 Å². The number of aromatic nitrogens is 1. The van der Waals surface area contributed by atoms with E-state index in [1.165, 1.54) is 37.1 Å². The van der Waals surface area contributed by atoms with Gasteiger partial charge < -0.3 is 10.0 Å². The molecule has 1 amide bonds. The minimum atomic E-state index is -4.52. The van der Waals surface area contributed by atoms with Crippen molar-refractivity contribution in [2.45, 2.75) is 36.9 Å². The molecule has 0 aliphatic carbocycles. The molecule has 21 heavy (non-hydrogen) atoms. The molecule has 0 aliphatic rings. The van der Waals surface area contributed by atoms with Crippen molar-refractivity contribution < 1.29 is 23.1 Å². The van der Waals surface area contributed by atoms with E-state index in [1.807, 2.05) is 0 Å². The van der Waals surface area contributed by atoms with Crippen LogP contribution in [0.15, 0.2) is 23.4 Å². The van der Waals surface area contributed by atoms with Gasteiger partial charge in [0.2, 0.25) is 0 Å². The SMILES string of the molecule is CCN(CC(C)(C)O)C(=O)c1cccnc1SC(F)(F)F. The Balaban J connectivity index is 3.06. The van der Waals surface area contributed by atoms with Gasteiger partial charge in [0.25, 0.3) is 5.91 Å². The molecule has 1 N–H and O–H groups in total. The Morgan fingerprint density at radius 1 is 1.43 bits per heavy atom. The minimum Gasteiger partial charge on any atom is -0.389 e. The molecule has 4 nitrogen and oxygen atoms in total. The number of hydrogen-bond acceptors (Lipinski definition) is 4. The first-order valence-electron chi connectivity index (χ1n) is 6.26. The third-order valence-corrected chi connectivity index (χ3v) is 3.21. The number of nitrogens with zero attached hydrogens (tertiary/aromatic N) is 2. The van der Waals surface area contributed by atoms with E-state index < -0.39 is 28.8 Å². The summed E-state index contributed by atoms with van der Waals surface area (Å²) in [5.41, 5.74) is -5.77. The molecule has 1 aromatic heterocycles. The molecular formula is C13H17F3N2O2S. The van der Waals surface area contributed by atoms with Crippen LogP contribution in [0.5, 0.6) is 0 Å². The molecule has 0 saturated heterocycles. The summed E-state index contributed by atoms with van der Waals surface area (Å²) in [5.74, 6) is -0.584. The fourth-order valence-corrected chi connectivity index (χ4v) is 2.31. The number of carbonyl (C=O) groups is 1. The Kier molecular flexibility index (Phi) is 5.63. The van der Waals surface area contributed by atoms with Crippen LogP contribution in [0, 0.1) is 0 Å². The van der Waals surface area contributed by atoms with Gasteiger partial charge in [-0.3, -0.25) is 4.79 Å². The van der Waals surface area contributed by atoms with Crippen molar-refractivity contribution in [3.05, 3.63) is 23.9 Å². The molecule has 0 saturated carbocycles. The highest BCUT2D eigenvalue weighted by molar-refractivity contribution is 8.00. The van der Waals surface area contributed by atoms with Crippen LogP contribution in [0.2, 0.25) is 0 Å². The summed E-state index contributed by atoms with van der Waals surface area (Å²) in [5, 5.41) is 9.39. The van der Waals surface area contributed by atoms with Gasteiger partial charge in [0.05, 0.1) is 11.2 Å². The molecule has 0 fully saturated rings. The maximum Gasteiger partial charge on any atom is 0.447 e. The topological polar surface area (TPSA) is 53.4 Å². The van der Waals surface area contributed by atoms with Gasteiger partial charge in [-0.25, -0.2) is 4.98 Å². The Bertz CT molecular complexity index is 501. The molecule has 1 heterocycles. The number of alkyl halides is 3. The highest BCUT2D eigenvalue weighted by Gasteiger charge is 2.33. The van der Waals surface area contributed by atoms with Crippen LogP contribution in [0.1, 0.15) is 31.1 Å². The molecule has 0 aromatic carbocycles. The van der Waals surface area contributed by atoms with Crippen molar-refractivity contribution in [2.75, 3.05) is 13.1 Å². The maximum atomic E-state index is 12.5. The fourth-order valence-electron chi connectivity index (χ4n) is 1.71. The summed E-state index contributed by atoms with van der Waals surface area (Å²) in [7, 11) is 0. The molecule has 0 unspecified atom stereocenters. The van der Waals surface area contributed by atoms with Crippen molar-refractivity contribution in [1.29, 1.82) is 0 Å². The van der Waals surface area contributed by atoms with E-state index >= 15 is 0 Å². The molecular weight excluding hydrogens is 305 g/mol. The number of likely N-dealkylation sites (N-methyl/N-ethyl adjacent to an activating group) is 1. The van der Waals surface area contributed by atoms with E-state index in [2.05, 4.69) is 4.98 Å². The predicted molar refractivity (Wildman–Crippen MR) is 74.0 cm³/mol. The zero-order valence-electron chi connectivity index (χ0n) is 11.9. The molecule has 8 heteroatoms. The maximum absolute atomic E-state index is 12.5. The van der Waals surface area contributed by atoms with Crippen molar-refractivity contribution in [3.63, 3.8) is 0 Å². The Hall–Kier alpha value is -1.28. The number of hydrogen-bond donors (Lipinski definition) is 1. The Morgan fingerprint density at radius 3 is 2.52 bits per heavy atom. The van der Waals surface area contributed by atoms with Gasteiger partial charge in [-0.05, 0) is 32.9 Å². The van der Waals surface area contributed by atoms with Gasteiger partial charge in [-0.1, -0.05) is 0 Å². The van der Waals surface area contributed by atoms with E-state index in [1.54, 1.807) is 6.92 Å². The number of amides is 1. The van der Waals surface area contributed by atoms with Gasteiger partial charge >= 0.3 is 5.51 Å². The molecule has 0 atom stereocenters. The summed E-state index contributed by atoms with van der Waals surface area (Å²) in [6.45, 7) is 5.03. The van der Waals surface area contributed by atoms with E-state index in [0.29, 0.717) is 0 Å². The second kappa shape index (κ2) is 6.65. The summed E-state index contributed by atoms with van der Waals surface area (Å²) in [4.78, 5) is 17.3. The first kappa shape index (κ1) is 17.8. The molecule has 0 radical (unpaired) electrons. The third kappa shape index (κ3) is 5.92. The highest BCUT2D eigenvalue weighted by Crippen LogP contribution is 2.37. The van der Waals surface area contributed by atoms with Gasteiger partial charge in [0.15, 0.2) is 0 Å². The molecule has 1 aromatic rings. The average Bonchev–Trinajstić information content (AvgIpc) is 2.33. The van der Waals surface area contributed by atoms with Gasteiger partial charge in [-0.2, -0.15) is 13.2 Å². The van der Waals surface area contributed by atoms with Crippen LogP contribution in [-0.4, -0.2) is 45.1 Å². The Labute approximate surface area is 125 Å². The van der Waals surface area contributed by atoms with Gasteiger partial charge in [0.1, 0.15) is 5.03 Å². The number of pyridine rings is 1. The summed E-state index contributed by atoms with van der Waals surface area (Å²) >= 11 is -0.420. The average molecular weight is 322 g/mol. The highest BCUT2D eigenvalue weighted by atomic mass is 32.2. The minimum absolute atomic E-state index is 0.0212. The van der Waals surface area contributed by atoms with E-state index in [0.717, 1.165) is 0 Å². The molecule has 118 valence electrons. The number of halogens is 3.